The average molecular weight is 294 g/mol. The lowest BCUT2D eigenvalue weighted by molar-refractivity contribution is 0.0694. The zero-order valence-corrected chi connectivity index (χ0v) is 11.9. The van der Waals surface area contributed by atoms with Gasteiger partial charge in [-0.05, 0) is 37.2 Å². The van der Waals surface area contributed by atoms with Gasteiger partial charge >= 0.3 is 5.97 Å². The van der Waals surface area contributed by atoms with Gasteiger partial charge in [-0.2, -0.15) is 0 Å². The van der Waals surface area contributed by atoms with Crippen LogP contribution in [0.25, 0.3) is 0 Å². The quantitative estimate of drug-likeness (QED) is 0.642. The molecule has 0 unspecified atom stereocenters. The van der Waals surface area contributed by atoms with Crippen LogP contribution in [0.15, 0.2) is 18.2 Å². The third kappa shape index (κ3) is 3.84. The molecule has 0 amide bonds. The monoisotopic (exact) mass is 294 g/mol. The number of benzene rings is 1. The van der Waals surface area contributed by atoms with E-state index in [0.29, 0.717) is 16.8 Å². The maximum Gasteiger partial charge on any atom is 0.339 e. The third-order valence-corrected chi connectivity index (χ3v) is 3.65. The highest BCUT2D eigenvalue weighted by molar-refractivity contribution is 7.80. The molecule has 1 fully saturated rings. The number of hydrogen-bond donors (Lipinski definition) is 4. The molecule has 0 aromatic heterocycles. The first-order valence-corrected chi connectivity index (χ1v) is 7.11. The largest absolute Gasteiger partial charge is 0.507 e. The molecule has 6 heteroatoms. The minimum absolute atomic E-state index is 0.123. The lowest BCUT2D eigenvalue weighted by atomic mass is 9.96. The second-order valence-electron chi connectivity index (χ2n) is 4.97. The molecule has 1 aliphatic rings. The predicted molar refractivity (Wildman–Crippen MR) is 81.3 cm³/mol. The van der Waals surface area contributed by atoms with Crippen LogP contribution in [0.1, 0.15) is 42.5 Å². The van der Waals surface area contributed by atoms with E-state index in [1.807, 2.05) is 0 Å². The number of aromatic carboxylic acids is 1. The number of carboxylic acid groups (broad SMARTS) is 1. The minimum atomic E-state index is -1.16. The second kappa shape index (κ2) is 6.56. The number of aromatic hydroxyl groups is 1. The Bertz CT molecular complexity index is 513. The van der Waals surface area contributed by atoms with Gasteiger partial charge in [0.25, 0.3) is 0 Å². The molecule has 108 valence electrons. The molecule has 2 rings (SSSR count). The number of phenols is 1. The molecule has 5 nitrogen and oxygen atoms in total. The highest BCUT2D eigenvalue weighted by atomic mass is 32.1. The van der Waals surface area contributed by atoms with Crippen LogP contribution >= 0.6 is 12.2 Å². The van der Waals surface area contributed by atoms with Gasteiger partial charge in [0.05, 0.1) is 0 Å². The second-order valence-corrected chi connectivity index (χ2v) is 5.38. The number of carbonyl (C=O) groups is 1. The number of nitrogens with one attached hydrogen (secondary N) is 2. The highest BCUT2D eigenvalue weighted by Crippen LogP contribution is 2.22. The minimum Gasteiger partial charge on any atom is -0.507 e. The molecule has 0 spiro atoms. The van der Waals surface area contributed by atoms with Crippen LogP contribution in [0, 0.1) is 0 Å². The van der Waals surface area contributed by atoms with Crippen molar-refractivity contribution in [1.82, 2.24) is 5.32 Å². The van der Waals surface area contributed by atoms with E-state index in [1.54, 1.807) is 6.07 Å². The van der Waals surface area contributed by atoms with Gasteiger partial charge in [-0.3, -0.25) is 0 Å². The van der Waals surface area contributed by atoms with E-state index < -0.39 is 5.97 Å². The Morgan fingerprint density at radius 3 is 2.55 bits per heavy atom. The van der Waals surface area contributed by atoms with Crippen LogP contribution in [-0.4, -0.2) is 27.3 Å². The summed E-state index contributed by atoms with van der Waals surface area (Å²) in [6.45, 7) is 0. The van der Waals surface area contributed by atoms with Gasteiger partial charge in [-0.1, -0.05) is 19.3 Å². The van der Waals surface area contributed by atoms with E-state index in [0.717, 1.165) is 12.8 Å². The summed E-state index contributed by atoms with van der Waals surface area (Å²) in [5.74, 6) is -1.43. The SMILES string of the molecule is O=C(O)c1ccc(NC(=S)NC2CCCCC2)cc1O. The van der Waals surface area contributed by atoms with Crippen molar-refractivity contribution < 1.29 is 15.0 Å². The van der Waals surface area contributed by atoms with Crippen molar-refractivity contribution in [3.05, 3.63) is 23.8 Å². The molecule has 0 aliphatic heterocycles. The van der Waals surface area contributed by atoms with Crippen molar-refractivity contribution in [3.63, 3.8) is 0 Å². The molecule has 20 heavy (non-hydrogen) atoms. The summed E-state index contributed by atoms with van der Waals surface area (Å²) in [6, 6.07) is 4.69. The summed E-state index contributed by atoms with van der Waals surface area (Å²) in [5.41, 5.74) is 0.447. The first-order valence-electron chi connectivity index (χ1n) is 6.70. The maximum absolute atomic E-state index is 10.8. The summed E-state index contributed by atoms with van der Waals surface area (Å²) < 4.78 is 0. The Kier molecular flexibility index (Phi) is 4.79. The normalized spacial score (nSPS) is 15.6. The van der Waals surface area contributed by atoms with Gasteiger partial charge in [-0.25, -0.2) is 4.79 Å². The van der Waals surface area contributed by atoms with Gasteiger partial charge in [0.1, 0.15) is 11.3 Å². The van der Waals surface area contributed by atoms with Crippen molar-refractivity contribution in [1.29, 1.82) is 0 Å². The van der Waals surface area contributed by atoms with E-state index in [1.165, 1.54) is 31.4 Å². The van der Waals surface area contributed by atoms with Crippen molar-refractivity contribution in [2.75, 3.05) is 5.32 Å². The van der Waals surface area contributed by atoms with Crippen molar-refractivity contribution in [3.8, 4) is 5.75 Å². The van der Waals surface area contributed by atoms with Gasteiger partial charge < -0.3 is 20.8 Å². The smallest absolute Gasteiger partial charge is 0.339 e. The topological polar surface area (TPSA) is 81.6 Å². The van der Waals surface area contributed by atoms with Gasteiger partial charge in [0.15, 0.2) is 5.11 Å². The van der Waals surface area contributed by atoms with Crippen LogP contribution in [0.3, 0.4) is 0 Å². The molecule has 0 bridgehead atoms. The molecule has 0 atom stereocenters. The Morgan fingerprint density at radius 2 is 1.95 bits per heavy atom. The highest BCUT2D eigenvalue weighted by Gasteiger charge is 2.14. The van der Waals surface area contributed by atoms with Crippen LogP contribution in [0.5, 0.6) is 5.75 Å². The number of carboxylic acids is 1. The molecule has 1 aromatic carbocycles. The van der Waals surface area contributed by atoms with E-state index in [9.17, 15) is 9.90 Å². The number of hydrogen-bond acceptors (Lipinski definition) is 3. The fourth-order valence-corrected chi connectivity index (χ4v) is 2.67. The summed E-state index contributed by atoms with van der Waals surface area (Å²) in [7, 11) is 0. The van der Waals surface area contributed by atoms with E-state index in [4.69, 9.17) is 17.3 Å². The molecule has 0 heterocycles. The van der Waals surface area contributed by atoms with E-state index in [2.05, 4.69) is 10.6 Å². The van der Waals surface area contributed by atoms with Crippen LogP contribution in [0.4, 0.5) is 5.69 Å². The lowest BCUT2D eigenvalue weighted by Crippen LogP contribution is -2.38. The van der Waals surface area contributed by atoms with Gasteiger partial charge in [-0.15, -0.1) is 0 Å². The van der Waals surface area contributed by atoms with Crippen molar-refractivity contribution in [2.24, 2.45) is 0 Å². The van der Waals surface area contributed by atoms with Crippen molar-refractivity contribution in [2.45, 2.75) is 38.1 Å². The summed E-state index contributed by atoms with van der Waals surface area (Å²) >= 11 is 5.22. The standard InChI is InChI=1S/C14H18N2O3S/c17-12-8-10(6-7-11(12)13(18)19)16-14(20)15-9-4-2-1-3-5-9/h6-9,17H,1-5H2,(H,18,19)(H2,15,16,20). The fourth-order valence-electron chi connectivity index (χ4n) is 2.39. The van der Waals surface area contributed by atoms with E-state index in [-0.39, 0.29) is 11.3 Å². The van der Waals surface area contributed by atoms with Gasteiger partial charge in [0.2, 0.25) is 0 Å². The van der Waals surface area contributed by atoms with Crippen LogP contribution < -0.4 is 10.6 Å². The number of anilines is 1. The predicted octanol–water partition coefficient (Wildman–Crippen LogP) is 2.71. The molecule has 1 aliphatic carbocycles. The zero-order valence-electron chi connectivity index (χ0n) is 11.1. The Morgan fingerprint density at radius 1 is 1.25 bits per heavy atom. The molecule has 0 radical (unpaired) electrons. The molecular weight excluding hydrogens is 276 g/mol. The first kappa shape index (κ1) is 14.6. The van der Waals surface area contributed by atoms with Crippen molar-refractivity contribution >= 4 is 29.0 Å². The molecule has 4 N–H and O–H groups in total. The maximum atomic E-state index is 10.8. The zero-order chi connectivity index (χ0) is 14.5. The summed E-state index contributed by atoms with van der Waals surface area (Å²) in [4.78, 5) is 10.8. The van der Waals surface area contributed by atoms with Crippen LogP contribution in [0.2, 0.25) is 0 Å². The molecular formula is C14H18N2O3S. The Balaban J connectivity index is 1.93. The Hall–Kier alpha value is -1.82. The average Bonchev–Trinajstić information content (AvgIpc) is 2.39. The molecule has 1 aromatic rings. The van der Waals surface area contributed by atoms with Crippen LogP contribution in [-0.2, 0) is 0 Å². The van der Waals surface area contributed by atoms with Gasteiger partial charge in [0, 0.05) is 17.8 Å². The first-order chi connectivity index (χ1) is 9.56. The summed E-state index contributed by atoms with van der Waals surface area (Å²) in [5, 5.41) is 25.2. The summed E-state index contributed by atoms with van der Waals surface area (Å²) in [6.07, 6.45) is 5.95. The lowest BCUT2D eigenvalue weighted by Gasteiger charge is -2.24. The molecule has 0 saturated heterocycles. The fraction of sp³-hybridized carbons (Fsp3) is 0.429. The number of thiocarbonyl (C=S) groups is 1. The van der Waals surface area contributed by atoms with E-state index >= 15 is 0 Å². The Labute approximate surface area is 123 Å². The number of rotatable bonds is 3. The molecule has 1 saturated carbocycles. The third-order valence-electron chi connectivity index (χ3n) is 3.43.